The van der Waals surface area contributed by atoms with E-state index in [0.717, 1.165) is 4.90 Å². The number of hydrogen-bond donors (Lipinski definition) is 0. The zero-order valence-electron chi connectivity index (χ0n) is 16.8. The molecular weight excluding hydrogens is 390 g/mol. The molecule has 0 bridgehead atoms. The molecule has 0 aliphatic carbocycles. The van der Waals surface area contributed by atoms with E-state index in [1.165, 1.54) is 11.8 Å². The molecule has 0 fully saturated rings. The molecule has 152 valence electrons. The molecule has 2 aromatic carbocycles. The van der Waals surface area contributed by atoms with E-state index in [2.05, 4.69) is 10.1 Å². The van der Waals surface area contributed by atoms with E-state index in [-0.39, 0.29) is 17.7 Å². The van der Waals surface area contributed by atoms with Gasteiger partial charge in [0, 0.05) is 18.0 Å². The highest BCUT2D eigenvalue weighted by Gasteiger charge is 2.21. The normalized spacial score (nSPS) is 11.7. The fourth-order valence-electron chi connectivity index (χ4n) is 2.76. The molecule has 1 heterocycles. The Hall–Kier alpha value is -3.00. The number of rotatable bonds is 8. The van der Waals surface area contributed by atoms with Gasteiger partial charge in [-0.1, -0.05) is 23.4 Å². The molecule has 3 rings (SSSR count). The second-order valence-corrected chi connectivity index (χ2v) is 7.76. The SMILES string of the molecule is COc1ccc(-c2noc(CN(C)C(=O)C(C)Sc3ccccc3)n2)c(OC)c1. The number of ether oxygens (including phenoxy) is 2. The van der Waals surface area contributed by atoms with Crippen molar-refractivity contribution in [2.45, 2.75) is 23.6 Å². The van der Waals surface area contributed by atoms with Crippen LogP contribution in [-0.2, 0) is 11.3 Å². The fraction of sp³-hybridized carbons (Fsp3) is 0.286. The molecule has 0 radical (unpaired) electrons. The third kappa shape index (κ3) is 5.08. The molecular formula is C21H23N3O4S. The van der Waals surface area contributed by atoms with Crippen LogP contribution in [0, 0.1) is 0 Å². The lowest BCUT2D eigenvalue weighted by atomic mass is 10.2. The fourth-order valence-corrected chi connectivity index (χ4v) is 3.76. The molecule has 3 aromatic rings. The number of thioether (sulfide) groups is 1. The van der Waals surface area contributed by atoms with Crippen LogP contribution in [0.15, 0.2) is 57.9 Å². The highest BCUT2D eigenvalue weighted by atomic mass is 32.2. The van der Waals surface area contributed by atoms with Gasteiger partial charge in [0.25, 0.3) is 0 Å². The number of hydrogen-bond acceptors (Lipinski definition) is 7. The van der Waals surface area contributed by atoms with E-state index in [1.54, 1.807) is 44.4 Å². The third-order valence-corrected chi connectivity index (χ3v) is 5.37. The van der Waals surface area contributed by atoms with Crippen molar-refractivity contribution in [2.75, 3.05) is 21.3 Å². The lowest BCUT2D eigenvalue weighted by Crippen LogP contribution is -2.32. The maximum Gasteiger partial charge on any atom is 0.246 e. The van der Waals surface area contributed by atoms with Crippen molar-refractivity contribution < 1.29 is 18.8 Å². The van der Waals surface area contributed by atoms with Crippen molar-refractivity contribution in [3.05, 3.63) is 54.4 Å². The van der Waals surface area contributed by atoms with E-state index in [1.807, 2.05) is 37.3 Å². The van der Waals surface area contributed by atoms with Crippen molar-refractivity contribution in [1.82, 2.24) is 15.0 Å². The molecule has 0 N–H and O–H groups in total. The maximum atomic E-state index is 12.7. The lowest BCUT2D eigenvalue weighted by Gasteiger charge is -2.19. The molecule has 1 aromatic heterocycles. The first-order valence-electron chi connectivity index (χ1n) is 9.03. The quantitative estimate of drug-likeness (QED) is 0.518. The number of benzene rings is 2. The topological polar surface area (TPSA) is 77.7 Å². The molecule has 0 aliphatic heterocycles. The van der Waals surface area contributed by atoms with Crippen LogP contribution in [0.3, 0.4) is 0 Å². The van der Waals surface area contributed by atoms with Gasteiger partial charge in [-0.3, -0.25) is 4.79 Å². The van der Waals surface area contributed by atoms with Crippen molar-refractivity contribution in [3.8, 4) is 22.9 Å². The Balaban J connectivity index is 1.67. The summed E-state index contributed by atoms with van der Waals surface area (Å²) in [5.74, 6) is 1.98. The summed E-state index contributed by atoms with van der Waals surface area (Å²) in [7, 11) is 4.88. The first-order valence-corrected chi connectivity index (χ1v) is 9.91. The van der Waals surface area contributed by atoms with Gasteiger partial charge in [-0.2, -0.15) is 4.98 Å². The second kappa shape index (κ2) is 9.47. The summed E-state index contributed by atoms with van der Waals surface area (Å²) < 4.78 is 15.9. The van der Waals surface area contributed by atoms with Gasteiger partial charge in [-0.05, 0) is 31.2 Å². The third-order valence-electron chi connectivity index (χ3n) is 4.27. The highest BCUT2D eigenvalue weighted by molar-refractivity contribution is 8.00. The summed E-state index contributed by atoms with van der Waals surface area (Å²) in [6.07, 6.45) is 0. The summed E-state index contributed by atoms with van der Waals surface area (Å²) in [6, 6.07) is 15.2. The van der Waals surface area contributed by atoms with Crippen LogP contribution in [0.2, 0.25) is 0 Å². The summed E-state index contributed by atoms with van der Waals surface area (Å²) in [4.78, 5) is 19.7. The minimum Gasteiger partial charge on any atom is -0.497 e. The molecule has 1 unspecified atom stereocenters. The molecule has 7 nitrogen and oxygen atoms in total. The molecule has 0 spiro atoms. The van der Waals surface area contributed by atoms with E-state index < -0.39 is 0 Å². The summed E-state index contributed by atoms with van der Waals surface area (Å²) in [5, 5.41) is 3.80. The molecule has 8 heteroatoms. The van der Waals surface area contributed by atoms with E-state index in [0.29, 0.717) is 28.8 Å². The van der Waals surface area contributed by atoms with Crippen LogP contribution < -0.4 is 9.47 Å². The average molecular weight is 413 g/mol. The van der Waals surface area contributed by atoms with Gasteiger partial charge in [0.15, 0.2) is 0 Å². The van der Waals surface area contributed by atoms with Crippen LogP contribution in [0.5, 0.6) is 11.5 Å². The van der Waals surface area contributed by atoms with Crippen LogP contribution in [0.4, 0.5) is 0 Å². The Kier molecular flexibility index (Phi) is 6.77. The van der Waals surface area contributed by atoms with Gasteiger partial charge in [-0.15, -0.1) is 11.8 Å². The Morgan fingerprint density at radius 2 is 1.93 bits per heavy atom. The average Bonchev–Trinajstić information content (AvgIpc) is 3.21. The van der Waals surface area contributed by atoms with Gasteiger partial charge in [0.1, 0.15) is 11.5 Å². The van der Waals surface area contributed by atoms with Crippen LogP contribution in [-0.4, -0.2) is 47.5 Å². The largest absolute Gasteiger partial charge is 0.497 e. The number of nitrogens with zero attached hydrogens (tertiary/aromatic N) is 3. The summed E-state index contributed by atoms with van der Waals surface area (Å²) >= 11 is 1.51. The van der Waals surface area contributed by atoms with Crippen molar-refractivity contribution in [2.24, 2.45) is 0 Å². The van der Waals surface area contributed by atoms with Crippen molar-refractivity contribution in [3.63, 3.8) is 0 Å². The Morgan fingerprint density at radius 3 is 2.62 bits per heavy atom. The lowest BCUT2D eigenvalue weighted by molar-refractivity contribution is -0.129. The Labute approximate surface area is 174 Å². The number of carbonyl (C=O) groups excluding carboxylic acids is 1. The van der Waals surface area contributed by atoms with Gasteiger partial charge in [0.2, 0.25) is 17.6 Å². The minimum atomic E-state index is -0.230. The molecule has 0 saturated carbocycles. The number of amides is 1. The smallest absolute Gasteiger partial charge is 0.246 e. The number of aromatic nitrogens is 2. The standard InChI is InChI=1S/C21H23N3O4S/c1-14(29-16-8-6-5-7-9-16)21(25)24(2)13-19-22-20(23-28-19)17-11-10-15(26-3)12-18(17)27-4/h5-12,14H,13H2,1-4H3. The molecule has 0 saturated heterocycles. The van der Waals surface area contributed by atoms with Crippen molar-refractivity contribution >= 4 is 17.7 Å². The van der Waals surface area contributed by atoms with Crippen LogP contribution in [0.1, 0.15) is 12.8 Å². The number of methoxy groups -OCH3 is 2. The summed E-state index contributed by atoms with van der Waals surface area (Å²) in [5.41, 5.74) is 0.685. The van der Waals surface area contributed by atoms with Crippen LogP contribution >= 0.6 is 11.8 Å². The van der Waals surface area contributed by atoms with E-state index >= 15 is 0 Å². The predicted octanol–water partition coefficient (Wildman–Crippen LogP) is 3.89. The van der Waals surface area contributed by atoms with E-state index in [4.69, 9.17) is 14.0 Å². The molecule has 0 aliphatic rings. The van der Waals surface area contributed by atoms with Gasteiger partial charge in [0.05, 0.1) is 31.6 Å². The zero-order chi connectivity index (χ0) is 20.8. The maximum absolute atomic E-state index is 12.7. The molecule has 1 atom stereocenters. The van der Waals surface area contributed by atoms with Crippen LogP contribution in [0.25, 0.3) is 11.4 Å². The summed E-state index contributed by atoms with van der Waals surface area (Å²) in [6.45, 7) is 2.11. The number of carbonyl (C=O) groups is 1. The first-order chi connectivity index (χ1) is 14.0. The highest BCUT2D eigenvalue weighted by Crippen LogP contribution is 2.31. The molecule has 1 amide bonds. The molecule has 29 heavy (non-hydrogen) atoms. The first kappa shape index (κ1) is 20.7. The van der Waals surface area contributed by atoms with Gasteiger partial charge >= 0.3 is 0 Å². The van der Waals surface area contributed by atoms with E-state index in [9.17, 15) is 4.79 Å². The monoisotopic (exact) mass is 413 g/mol. The minimum absolute atomic E-state index is 0.0133. The Bertz CT molecular complexity index is 962. The zero-order valence-corrected chi connectivity index (χ0v) is 17.6. The van der Waals surface area contributed by atoms with Gasteiger partial charge < -0.3 is 18.9 Å². The predicted molar refractivity (Wildman–Crippen MR) is 111 cm³/mol. The Morgan fingerprint density at radius 1 is 1.17 bits per heavy atom. The van der Waals surface area contributed by atoms with Crippen molar-refractivity contribution in [1.29, 1.82) is 0 Å². The van der Waals surface area contributed by atoms with Gasteiger partial charge in [-0.25, -0.2) is 0 Å². The second-order valence-electron chi connectivity index (χ2n) is 6.35.